The molecule has 0 aliphatic carbocycles. The van der Waals surface area contributed by atoms with Crippen molar-refractivity contribution < 1.29 is 27.6 Å². The van der Waals surface area contributed by atoms with E-state index in [-0.39, 0.29) is 28.2 Å². The first kappa shape index (κ1) is 27.1. The lowest BCUT2D eigenvalue weighted by Crippen LogP contribution is -2.31. The highest BCUT2D eigenvalue weighted by atomic mass is 32.2. The van der Waals surface area contributed by atoms with Crippen LogP contribution in [-0.4, -0.2) is 26.8 Å². The number of aryl methyl sites for hydroxylation is 1. The molecule has 1 atom stereocenters. The second kappa shape index (κ2) is 10.0. The molecular formula is C22H31F2N3O4S2. The fourth-order valence-electron chi connectivity index (χ4n) is 3.41. The maximum Gasteiger partial charge on any atom is 0.387 e. The summed E-state index contributed by atoms with van der Waals surface area (Å²) in [5.41, 5.74) is 1.00. The number of alkyl halides is 2. The van der Waals surface area contributed by atoms with Gasteiger partial charge < -0.3 is 9.84 Å². The molecule has 1 heterocycles. The Hall–Kier alpha value is -2.11. The van der Waals surface area contributed by atoms with Crippen LogP contribution in [0.15, 0.2) is 16.3 Å². The largest absolute Gasteiger partial charge is 0.435 e. The van der Waals surface area contributed by atoms with Gasteiger partial charge in [0.1, 0.15) is 20.6 Å². The second-order valence-electron chi connectivity index (χ2n) is 8.98. The van der Waals surface area contributed by atoms with Crippen LogP contribution in [0, 0.1) is 11.7 Å². The number of carbonyl (C=O) groups is 1. The van der Waals surface area contributed by atoms with Gasteiger partial charge >= 0.3 is 6.61 Å². The van der Waals surface area contributed by atoms with Crippen molar-refractivity contribution in [3.05, 3.63) is 39.5 Å². The lowest BCUT2D eigenvalue weighted by Gasteiger charge is -2.21. The summed E-state index contributed by atoms with van der Waals surface area (Å²) < 4.78 is 53.9. The zero-order valence-electron chi connectivity index (χ0n) is 19.8. The van der Waals surface area contributed by atoms with Crippen molar-refractivity contribution in [2.75, 3.05) is 0 Å². The van der Waals surface area contributed by atoms with Crippen molar-refractivity contribution in [3.63, 3.8) is 0 Å². The molecule has 7 nitrogen and oxygen atoms in total. The van der Waals surface area contributed by atoms with Crippen LogP contribution in [0.3, 0.4) is 0 Å². The first-order valence-corrected chi connectivity index (χ1v) is 12.8. The molecule has 1 amide bonds. The fraction of sp³-hybridized carbons (Fsp3) is 0.545. The van der Waals surface area contributed by atoms with Gasteiger partial charge in [0.2, 0.25) is 5.91 Å². The van der Waals surface area contributed by atoms with Gasteiger partial charge in [0.25, 0.3) is 0 Å². The van der Waals surface area contributed by atoms with E-state index in [1.54, 1.807) is 6.92 Å². The lowest BCUT2D eigenvalue weighted by molar-refractivity contribution is -0.118. The second-order valence-corrected chi connectivity index (χ2v) is 12.0. The van der Waals surface area contributed by atoms with Gasteiger partial charge in [0, 0.05) is 0 Å². The van der Waals surface area contributed by atoms with Crippen molar-refractivity contribution in [3.8, 4) is 5.75 Å². The van der Waals surface area contributed by atoms with Gasteiger partial charge in [-0.3, -0.25) is 9.52 Å². The molecule has 0 fully saturated rings. The zero-order chi connectivity index (χ0) is 25.3. The average molecular weight is 504 g/mol. The molecule has 2 rings (SSSR count). The van der Waals surface area contributed by atoms with E-state index in [1.165, 1.54) is 26.0 Å². The number of nitrogens with one attached hydrogen (secondary N) is 2. The normalized spacial score (nSPS) is 14.1. The summed E-state index contributed by atoms with van der Waals surface area (Å²) in [5.74, 6) is -0.806. The number of aromatic nitrogens is 1. The summed E-state index contributed by atoms with van der Waals surface area (Å²) in [7, 11) is -3.72. The Morgan fingerprint density at radius 1 is 1.24 bits per heavy atom. The molecule has 1 aromatic heterocycles. The Morgan fingerprint density at radius 3 is 2.15 bits per heavy atom. The predicted octanol–water partition coefficient (Wildman–Crippen LogP) is 5.21. The Morgan fingerprint density at radius 2 is 1.76 bits per heavy atom. The number of ether oxygens (including phenoxy) is 1. The zero-order valence-corrected chi connectivity index (χ0v) is 21.4. The van der Waals surface area contributed by atoms with Crippen LogP contribution < -0.4 is 9.46 Å². The van der Waals surface area contributed by atoms with Gasteiger partial charge in [-0.15, -0.1) is 11.3 Å². The number of hydrogen-bond acceptors (Lipinski definition) is 7. The molecule has 0 unspecified atom stereocenters. The quantitative estimate of drug-likeness (QED) is 0.435. The lowest BCUT2D eigenvalue weighted by atomic mass is 9.86. The van der Waals surface area contributed by atoms with Crippen LogP contribution in [0.4, 0.5) is 8.78 Å². The van der Waals surface area contributed by atoms with Crippen molar-refractivity contribution in [1.29, 1.82) is 4.78 Å². The maximum atomic E-state index is 13.1. The first-order chi connectivity index (χ1) is 15.0. The van der Waals surface area contributed by atoms with Gasteiger partial charge in [-0.05, 0) is 61.4 Å². The van der Waals surface area contributed by atoms with Gasteiger partial charge in [0.15, 0.2) is 9.92 Å². The summed E-state index contributed by atoms with van der Waals surface area (Å²) in [4.78, 5) is 17.1. The molecule has 0 aliphatic heterocycles. The third kappa shape index (κ3) is 6.70. The van der Waals surface area contributed by atoms with E-state index in [0.717, 1.165) is 11.3 Å². The highest BCUT2D eigenvalue weighted by molar-refractivity contribution is 7.93. The molecule has 2 aromatic rings. The van der Waals surface area contributed by atoms with E-state index < -0.39 is 28.0 Å². The van der Waals surface area contributed by atoms with Crippen LogP contribution in [0.25, 0.3) is 0 Å². The molecule has 11 heteroatoms. The van der Waals surface area contributed by atoms with E-state index in [1.807, 2.05) is 27.7 Å². The topological polar surface area (TPSA) is 112 Å². The van der Waals surface area contributed by atoms with Gasteiger partial charge in [-0.25, -0.2) is 14.0 Å². The van der Waals surface area contributed by atoms with Gasteiger partial charge in [0.05, 0.1) is 12.1 Å². The van der Waals surface area contributed by atoms with Crippen LogP contribution in [0.5, 0.6) is 5.75 Å². The van der Waals surface area contributed by atoms with Crippen LogP contribution in [0.1, 0.15) is 80.8 Å². The minimum atomic E-state index is -3.72. The van der Waals surface area contributed by atoms with Crippen LogP contribution in [-0.2, 0) is 26.7 Å². The molecule has 0 spiro atoms. The number of nitrogens with zero attached hydrogens (tertiary/aromatic N) is 1. The molecule has 0 saturated heterocycles. The smallest absolute Gasteiger partial charge is 0.387 e. The number of hydrogen-bond donors (Lipinski definition) is 3. The van der Waals surface area contributed by atoms with E-state index in [0.29, 0.717) is 27.4 Å². The van der Waals surface area contributed by atoms with Crippen molar-refractivity contribution in [2.24, 2.45) is 0 Å². The highest BCUT2D eigenvalue weighted by Crippen LogP contribution is 2.34. The summed E-state index contributed by atoms with van der Waals surface area (Å²) in [6.07, 6.45) is -0.179. The number of rotatable bonds is 9. The van der Waals surface area contributed by atoms with Crippen LogP contribution >= 0.6 is 11.3 Å². The average Bonchev–Trinajstić information content (AvgIpc) is 3.04. The van der Waals surface area contributed by atoms with E-state index in [9.17, 15) is 22.9 Å². The molecule has 33 heavy (non-hydrogen) atoms. The minimum absolute atomic E-state index is 0.0188. The van der Waals surface area contributed by atoms with Gasteiger partial charge in [-0.2, -0.15) is 8.78 Å². The summed E-state index contributed by atoms with van der Waals surface area (Å²) in [6, 6.07) is 2.98. The third-order valence-electron chi connectivity index (χ3n) is 4.90. The van der Waals surface area contributed by atoms with Crippen LogP contribution in [0.2, 0.25) is 0 Å². The summed E-state index contributed by atoms with van der Waals surface area (Å²) in [5, 5.41) is 10.5. The summed E-state index contributed by atoms with van der Waals surface area (Å²) in [6.45, 7) is 9.15. The van der Waals surface area contributed by atoms with Crippen molar-refractivity contribution >= 4 is 27.2 Å². The number of thiazole rings is 1. The first-order valence-electron chi connectivity index (χ1n) is 10.4. The van der Waals surface area contributed by atoms with Gasteiger partial charge in [-0.1, -0.05) is 27.7 Å². The van der Waals surface area contributed by atoms with E-state index in [4.69, 9.17) is 4.78 Å². The predicted molar refractivity (Wildman–Crippen MR) is 124 cm³/mol. The molecule has 0 bridgehead atoms. The standard InChI is InChI=1S/C22H31F2N3O4S2/c1-11(2)15-8-14(31-21(23)24)9-16(12(3)4)17(15)10-18(28)27-33(25,30)19-13(5)26-20(32-19)22(6,7)29/h8-9,11-12,21,29H,10H2,1-7H3,(H2,25,27,28,30)/t33-/m1/s1. The van der Waals surface area contributed by atoms with Crippen molar-refractivity contribution in [1.82, 2.24) is 9.71 Å². The molecule has 0 aliphatic rings. The Bertz CT molecular complexity index is 1090. The molecule has 1 aromatic carbocycles. The Kier molecular flexibility index (Phi) is 8.24. The number of halogens is 2. The number of carbonyl (C=O) groups excluding carboxylic acids is 1. The van der Waals surface area contributed by atoms with Crippen molar-refractivity contribution in [2.45, 2.75) is 83.1 Å². The minimum Gasteiger partial charge on any atom is -0.435 e. The number of aliphatic hydroxyl groups is 1. The fourth-order valence-corrected chi connectivity index (χ4v) is 5.99. The number of benzene rings is 1. The molecule has 184 valence electrons. The molecular weight excluding hydrogens is 472 g/mol. The molecule has 3 N–H and O–H groups in total. The van der Waals surface area contributed by atoms with E-state index >= 15 is 0 Å². The Labute approximate surface area is 197 Å². The Balaban J connectivity index is 2.41. The summed E-state index contributed by atoms with van der Waals surface area (Å²) >= 11 is 0.919. The monoisotopic (exact) mass is 503 g/mol. The van der Waals surface area contributed by atoms with E-state index in [2.05, 4.69) is 14.4 Å². The number of amides is 1. The SMILES string of the molecule is Cc1nc(C(C)(C)O)sc1[S@](=N)(=O)NC(=O)Cc1c(C(C)C)cc(OC(F)F)cc1C(C)C. The third-order valence-corrected chi connectivity index (χ3v) is 8.45. The molecule has 0 radical (unpaired) electrons. The highest BCUT2D eigenvalue weighted by Gasteiger charge is 2.28. The maximum absolute atomic E-state index is 13.1. The molecule has 0 saturated carbocycles.